The van der Waals surface area contributed by atoms with Gasteiger partial charge in [-0.05, 0) is 29.5 Å². The van der Waals surface area contributed by atoms with Gasteiger partial charge in [0.1, 0.15) is 30.1 Å². The first kappa shape index (κ1) is 14.0. The highest BCUT2D eigenvalue weighted by atomic mass is 127. The van der Waals surface area contributed by atoms with Crippen LogP contribution in [0.4, 0.5) is 5.82 Å². The molecule has 1 aliphatic rings. The summed E-state index contributed by atoms with van der Waals surface area (Å²) in [7, 11) is 0. The number of nitrogens with two attached hydrogens (primary N) is 2. The number of nitrogens with zero attached hydrogens (tertiary/aromatic N) is 3. The van der Waals surface area contributed by atoms with Crippen molar-refractivity contribution in [1.82, 2.24) is 14.5 Å². The molecule has 5 N–H and O–H groups in total. The van der Waals surface area contributed by atoms with Gasteiger partial charge in [0.2, 0.25) is 0 Å². The zero-order valence-electron chi connectivity index (χ0n) is 10.9. The Labute approximate surface area is 129 Å². The predicted octanol–water partition coefficient (Wildman–Crippen LogP) is 0.614. The highest BCUT2D eigenvalue weighted by Gasteiger charge is 2.37. The molecule has 7 nitrogen and oxygen atoms in total. The van der Waals surface area contributed by atoms with Crippen molar-refractivity contribution >= 4 is 39.4 Å². The first-order valence-corrected chi connectivity index (χ1v) is 7.42. The highest BCUT2D eigenvalue weighted by molar-refractivity contribution is 14.1. The van der Waals surface area contributed by atoms with Crippen LogP contribution in [0.25, 0.3) is 11.0 Å². The number of nitrogen functional groups attached to an aromatic ring is 1. The van der Waals surface area contributed by atoms with E-state index >= 15 is 0 Å². The minimum Gasteiger partial charge on any atom is -0.390 e. The zero-order chi connectivity index (χ0) is 14.4. The molecule has 2 aromatic rings. The Morgan fingerprint density at radius 3 is 2.95 bits per heavy atom. The van der Waals surface area contributed by atoms with Gasteiger partial charge >= 0.3 is 0 Å². The van der Waals surface area contributed by atoms with Crippen molar-refractivity contribution in [2.75, 3.05) is 5.73 Å². The molecule has 0 amide bonds. The lowest BCUT2D eigenvalue weighted by Gasteiger charge is -2.18. The molecule has 1 fully saturated rings. The van der Waals surface area contributed by atoms with Crippen LogP contribution < -0.4 is 11.5 Å². The van der Waals surface area contributed by atoms with Crippen molar-refractivity contribution in [3.63, 3.8) is 0 Å². The summed E-state index contributed by atoms with van der Waals surface area (Å²) in [5, 5.41) is 10.9. The quantitative estimate of drug-likeness (QED) is 0.649. The highest BCUT2D eigenvalue weighted by Crippen LogP contribution is 2.35. The van der Waals surface area contributed by atoms with Gasteiger partial charge in [-0.1, -0.05) is 0 Å². The molecule has 1 aliphatic heterocycles. The smallest absolute Gasteiger partial charge is 0.148 e. The number of rotatable bonds is 2. The number of aromatic nitrogens is 3. The Bertz CT molecular complexity index is 644. The number of anilines is 1. The lowest BCUT2D eigenvalue weighted by Crippen LogP contribution is -2.38. The fourth-order valence-corrected chi connectivity index (χ4v) is 3.42. The van der Waals surface area contributed by atoms with E-state index in [9.17, 15) is 5.11 Å². The molecule has 3 rings (SSSR count). The zero-order valence-corrected chi connectivity index (χ0v) is 13.1. The Balaban J connectivity index is 2.02. The minimum absolute atomic E-state index is 0.226. The molecule has 1 saturated heterocycles. The molecule has 0 aromatic carbocycles. The van der Waals surface area contributed by atoms with Crippen LogP contribution in [0.1, 0.15) is 19.6 Å². The molecule has 0 radical (unpaired) electrons. The van der Waals surface area contributed by atoms with Crippen molar-refractivity contribution in [2.24, 2.45) is 5.73 Å². The summed E-state index contributed by atoms with van der Waals surface area (Å²) >= 11 is 2.19. The van der Waals surface area contributed by atoms with E-state index in [1.165, 1.54) is 6.33 Å². The van der Waals surface area contributed by atoms with Gasteiger partial charge in [0.05, 0.1) is 11.5 Å². The summed E-state index contributed by atoms with van der Waals surface area (Å²) in [6, 6.07) is -0.226. The van der Waals surface area contributed by atoms with Crippen molar-refractivity contribution < 1.29 is 9.84 Å². The molecule has 20 heavy (non-hydrogen) atoms. The summed E-state index contributed by atoms with van der Waals surface area (Å²) in [6.07, 6.45) is 2.59. The average Bonchev–Trinajstić information content (AvgIpc) is 2.91. The first-order chi connectivity index (χ1) is 9.49. The first-order valence-electron chi connectivity index (χ1n) is 6.34. The number of ether oxygens (including phenoxy) is 1. The fraction of sp³-hybridized carbons (Fsp3) is 0.500. The maximum absolute atomic E-state index is 10.0. The van der Waals surface area contributed by atoms with Crippen molar-refractivity contribution in [1.29, 1.82) is 0 Å². The Kier molecular flexibility index (Phi) is 3.56. The third kappa shape index (κ3) is 2.16. The third-order valence-corrected chi connectivity index (χ3v) is 4.38. The topological polar surface area (TPSA) is 112 Å². The molecule has 0 spiro atoms. The molecule has 1 unspecified atom stereocenters. The molecule has 0 saturated carbocycles. The monoisotopic (exact) mass is 389 g/mol. The van der Waals surface area contributed by atoms with E-state index in [1.807, 2.05) is 17.7 Å². The van der Waals surface area contributed by atoms with E-state index < -0.39 is 6.10 Å². The summed E-state index contributed by atoms with van der Waals surface area (Å²) < 4.78 is 8.71. The Hall–Kier alpha value is -0.970. The second-order valence-electron chi connectivity index (χ2n) is 5.06. The van der Waals surface area contributed by atoms with Gasteiger partial charge in [-0.2, -0.15) is 0 Å². The number of fused-ring (bicyclic) bond motifs is 1. The fourth-order valence-electron chi connectivity index (χ4n) is 2.60. The maximum atomic E-state index is 10.0. The molecule has 0 aliphatic carbocycles. The van der Waals surface area contributed by atoms with Gasteiger partial charge in [-0.15, -0.1) is 0 Å². The largest absolute Gasteiger partial charge is 0.390 e. The van der Waals surface area contributed by atoms with Crippen LogP contribution in [-0.2, 0) is 4.74 Å². The molecule has 2 aromatic heterocycles. The molecule has 3 heterocycles. The predicted molar refractivity (Wildman–Crippen MR) is 82.8 cm³/mol. The Morgan fingerprint density at radius 2 is 2.30 bits per heavy atom. The minimum atomic E-state index is -0.575. The van der Waals surface area contributed by atoms with Crippen LogP contribution in [0.2, 0.25) is 0 Å². The van der Waals surface area contributed by atoms with Crippen LogP contribution in [0.3, 0.4) is 0 Å². The Morgan fingerprint density at radius 1 is 1.55 bits per heavy atom. The number of aliphatic hydroxyl groups is 1. The van der Waals surface area contributed by atoms with Crippen molar-refractivity contribution in [3.8, 4) is 0 Å². The summed E-state index contributed by atoms with van der Waals surface area (Å²) in [6.45, 7) is 1.83. The SMILES string of the molecule is CC(N)[C@H]1O[C@@H](n2cc(I)c3c(N)ncnc32)C[C@@H]1O. The van der Waals surface area contributed by atoms with E-state index in [-0.39, 0.29) is 18.4 Å². The third-order valence-electron chi connectivity index (χ3n) is 3.56. The maximum Gasteiger partial charge on any atom is 0.148 e. The summed E-state index contributed by atoms with van der Waals surface area (Å²) in [5.74, 6) is 0.445. The average molecular weight is 389 g/mol. The number of hydrogen-bond donors (Lipinski definition) is 3. The summed E-state index contributed by atoms with van der Waals surface area (Å²) in [4.78, 5) is 8.28. The van der Waals surface area contributed by atoms with Crippen LogP contribution in [0, 0.1) is 3.57 Å². The van der Waals surface area contributed by atoms with Crippen LogP contribution in [-0.4, -0.2) is 37.9 Å². The lowest BCUT2D eigenvalue weighted by atomic mass is 10.1. The second kappa shape index (κ2) is 5.10. The van der Waals surface area contributed by atoms with E-state index in [0.717, 1.165) is 8.96 Å². The van der Waals surface area contributed by atoms with Gasteiger partial charge in [0.15, 0.2) is 0 Å². The lowest BCUT2D eigenvalue weighted by molar-refractivity contribution is -0.0265. The molecule has 4 atom stereocenters. The normalized spacial score (nSPS) is 28.1. The van der Waals surface area contributed by atoms with Crippen molar-refractivity contribution in [2.45, 2.75) is 37.8 Å². The second-order valence-corrected chi connectivity index (χ2v) is 6.22. The number of halogens is 1. The van der Waals surface area contributed by atoms with E-state index in [2.05, 4.69) is 32.6 Å². The number of hydrogen-bond acceptors (Lipinski definition) is 6. The van der Waals surface area contributed by atoms with E-state index in [4.69, 9.17) is 16.2 Å². The molecular weight excluding hydrogens is 373 g/mol. The summed E-state index contributed by atoms with van der Waals surface area (Å²) in [5.41, 5.74) is 12.4. The van der Waals surface area contributed by atoms with E-state index in [0.29, 0.717) is 17.9 Å². The number of aliphatic hydroxyl groups excluding tert-OH is 1. The van der Waals surface area contributed by atoms with E-state index in [1.54, 1.807) is 0 Å². The van der Waals surface area contributed by atoms with Crippen LogP contribution >= 0.6 is 22.6 Å². The van der Waals surface area contributed by atoms with Gasteiger partial charge in [0, 0.05) is 22.2 Å². The standard InChI is InChI=1S/C12H16IN5O2/c1-5(14)10-7(19)2-8(20-10)18-3-6(13)9-11(15)16-4-17-12(9)18/h3-5,7-8,10,19H,2,14H2,1H3,(H2,15,16,17)/t5?,7-,8+,10+/m0/s1. The van der Waals surface area contributed by atoms with Gasteiger partial charge in [-0.3, -0.25) is 0 Å². The van der Waals surface area contributed by atoms with Crippen LogP contribution in [0.15, 0.2) is 12.5 Å². The van der Waals surface area contributed by atoms with Gasteiger partial charge in [0.25, 0.3) is 0 Å². The van der Waals surface area contributed by atoms with Crippen LogP contribution in [0.5, 0.6) is 0 Å². The molecule has 108 valence electrons. The van der Waals surface area contributed by atoms with Crippen molar-refractivity contribution in [3.05, 3.63) is 16.1 Å². The molecule has 0 bridgehead atoms. The molecule has 8 heteroatoms. The van der Waals surface area contributed by atoms with Gasteiger partial charge in [-0.25, -0.2) is 9.97 Å². The van der Waals surface area contributed by atoms with Gasteiger partial charge < -0.3 is 25.9 Å². The molecular formula is C12H16IN5O2.